The molecule has 4 nitrogen and oxygen atoms in total. The molecule has 146 valence electrons. The first-order valence-corrected chi connectivity index (χ1v) is 9.84. The fourth-order valence-electron chi connectivity index (χ4n) is 4.16. The highest BCUT2D eigenvalue weighted by molar-refractivity contribution is 6.05. The Kier molecular flexibility index (Phi) is 5.20. The van der Waals surface area contributed by atoms with Crippen molar-refractivity contribution in [3.8, 4) is 5.75 Å². The van der Waals surface area contributed by atoms with Crippen LogP contribution in [0.4, 0.5) is 0 Å². The van der Waals surface area contributed by atoms with E-state index in [0.29, 0.717) is 26.0 Å². The molecule has 1 aliphatic carbocycles. The number of rotatable bonds is 4. The Morgan fingerprint density at radius 1 is 1.00 bits per heavy atom. The van der Waals surface area contributed by atoms with Gasteiger partial charge in [-0.2, -0.15) is 0 Å². The third-order valence-electron chi connectivity index (χ3n) is 5.95. The van der Waals surface area contributed by atoms with Crippen LogP contribution in [0.25, 0.3) is 0 Å². The van der Waals surface area contributed by atoms with Crippen molar-refractivity contribution in [1.82, 2.24) is 4.90 Å². The minimum absolute atomic E-state index is 0.0271. The van der Waals surface area contributed by atoms with Crippen LogP contribution in [0.2, 0.25) is 0 Å². The Labute approximate surface area is 162 Å². The summed E-state index contributed by atoms with van der Waals surface area (Å²) in [7, 11) is 0. The molecule has 2 amide bonds. The van der Waals surface area contributed by atoms with Gasteiger partial charge in [-0.05, 0) is 56.2 Å². The Bertz CT molecular complexity index is 768. The monoisotopic (exact) mass is 369 g/mol. The number of benzene rings is 1. The molecule has 2 aliphatic rings. The number of hydrogen-bond acceptors (Lipinski definition) is 3. The lowest BCUT2D eigenvalue weighted by Crippen LogP contribution is -2.35. The maximum absolute atomic E-state index is 12.8. The summed E-state index contributed by atoms with van der Waals surface area (Å²) in [6.07, 6.45) is 1.43. The summed E-state index contributed by atoms with van der Waals surface area (Å²) in [6, 6.07) is 6.22. The Hall–Kier alpha value is -2.10. The zero-order valence-electron chi connectivity index (χ0n) is 17.4. The topological polar surface area (TPSA) is 46.6 Å². The summed E-state index contributed by atoms with van der Waals surface area (Å²) < 4.78 is 6.04. The summed E-state index contributed by atoms with van der Waals surface area (Å²) >= 11 is 0. The Morgan fingerprint density at radius 2 is 1.56 bits per heavy atom. The lowest BCUT2D eigenvalue weighted by atomic mass is 9.78. The van der Waals surface area contributed by atoms with Crippen LogP contribution in [0, 0.1) is 18.8 Å². The fourth-order valence-corrected chi connectivity index (χ4v) is 4.16. The van der Waals surface area contributed by atoms with Crippen LogP contribution in [-0.4, -0.2) is 29.9 Å². The van der Waals surface area contributed by atoms with Crippen LogP contribution >= 0.6 is 0 Å². The maximum atomic E-state index is 12.8. The molecule has 1 fully saturated rings. The average Bonchev–Trinajstić information content (AvgIpc) is 2.79. The number of fused-ring (bicyclic) bond motifs is 1. The van der Waals surface area contributed by atoms with Gasteiger partial charge in [-0.25, -0.2) is 0 Å². The molecule has 0 unspecified atom stereocenters. The highest BCUT2D eigenvalue weighted by atomic mass is 16.5. The van der Waals surface area contributed by atoms with Crippen molar-refractivity contribution in [2.45, 2.75) is 59.8 Å². The smallest absolute Gasteiger partial charge is 0.233 e. The van der Waals surface area contributed by atoms with Gasteiger partial charge in [0.05, 0.1) is 18.4 Å². The number of amides is 2. The van der Waals surface area contributed by atoms with Crippen molar-refractivity contribution in [2.24, 2.45) is 11.8 Å². The normalized spacial score (nSPS) is 23.1. The van der Waals surface area contributed by atoms with E-state index < -0.39 is 0 Å². The molecule has 2 atom stereocenters. The largest absolute Gasteiger partial charge is 0.491 e. The summed E-state index contributed by atoms with van der Waals surface area (Å²) in [5.41, 5.74) is 4.75. The minimum Gasteiger partial charge on any atom is -0.491 e. The molecule has 1 aliphatic heterocycles. The first-order valence-electron chi connectivity index (χ1n) is 9.84. The number of aryl methyl sites for hydroxylation is 1. The molecule has 0 aromatic heterocycles. The molecule has 1 aromatic carbocycles. The van der Waals surface area contributed by atoms with Gasteiger partial charge >= 0.3 is 0 Å². The second kappa shape index (κ2) is 7.14. The molecule has 0 N–H and O–H groups in total. The van der Waals surface area contributed by atoms with E-state index in [9.17, 15) is 9.59 Å². The van der Waals surface area contributed by atoms with Gasteiger partial charge in [-0.15, -0.1) is 0 Å². The SMILES string of the molecule is CC1=C(C)C[C@H]2C(=O)N(CCOc3cc(C)ccc3C(C)(C)C)C(=O)[C@H]2C1. The fraction of sp³-hybridized carbons (Fsp3) is 0.565. The lowest BCUT2D eigenvalue weighted by molar-refractivity contribution is -0.140. The van der Waals surface area contributed by atoms with E-state index >= 15 is 0 Å². The second-order valence-electron chi connectivity index (χ2n) is 9.11. The maximum Gasteiger partial charge on any atom is 0.233 e. The van der Waals surface area contributed by atoms with E-state index in [1.165, 1.54) is 16.0 Å². The summed E-state index contributed by atoms with van der Waals surface area (Å²) in [6.45, 7) is 13.3. The minimum atomic E-state index is -0.176. The molecule has 0 bridgehead atoms. The molecule has 3 rings (SSSR count). The molecule has 0 saturated carbocycles. The number of likely N-dealkylation sites (tertiary alicyclic amines) is 1. The zero-order chi connectivity index (χ0) is 19.9. The number of allylic oxidation sites excluding steroid dienone is 2. The van der Waals surface area contributed by atoms with E-state index in [-0.39, 0.29) is 29.1 Å². The van der Waals surface area contributed by atoms with Crippen molar-refractivity contribution in [2.75, 3.05) is 13.2 Å². The van der Waals surface area contributed by atoms with Crippen molar-refractivity contribution in [3.05, 3.63) is 40.5 Å². The standard InChI is InChI=1S/C23H31NO3/c1-14-7-8-19(23(4,5)6)20(11-14)27-10-9-24-21(25)17-12-15(2)16(3)13-18(17)22(24)26/h7-8,11,17-18H,9-10,12-13H2,1-6H3/t17-,18+. The third-order valence-corrected chi connectivity index (χ3v) is 5.95. The molecule has 0 spiro atoms. The van der Waals surface area contributed by atoms with Crippen molar-refractivity contribution in [3.63, 3.8) is 0 Å². The third kappa shape index (κ3) is 3.80. The van der Waals surface area contributed by atoms with E-state index in [1.807, 2.05) is 13.0 Å². The number of ether oxygens (including phenoxy) is 1. The van der Waals surface area contributed by atoms with Gasteiger partial charge in [0.15, 0.2) is 0 Å². The van der Waals surface area contributed by atoms with Crippen molar-refractivity contribution >= 4 is 11.8 Å². The van der Waals surface area contributed by atoms with Crippen LogP contribution in [0.5, 0.6) is 5.75 Å². The van der Waals surface area contributed by atoms with Crippen LogP contribution in [0.3, 0.4) is 0 Å². The Morgan fingerprint density at radius 3 is 2.07 bits per heavy atom. The van der Waals surface area contributed by atoms with Crippen LogP contribution in [-0.2, 0) is 15.0 Å². The molecule has 1 saturated heterocycles. The highest BCUT2D eigenvalue weighted by Gasteiger charge is 2.48. The molecule has 1 aromatic rings. The van der Waals surface area contributed by atoms with Gasteiger partial charge in [0, 0.05) is 0 Å². The molecule has 1 heterocycles. The number of imide groups is 1. The van der Waals surface area contributed by atoms with Crippen LogP contribution in [0.15, 0.2) is 29.3 Å². The van der Waals surface area contributed by atoms with Gasteiger partial charge in [-0.1, -0.05) is 44.1 Å². The summed E-state index contributed by atoms with van der Waals surface area (Å²) in [4.78, 5) is 26.9. The van der Waals surface area contributed by atoms with Gasteiger partial charge in [-0.3, -0.25) is 14.5 Å². The van der Waals surface area contributed by atoms with Crippen LogP contribution < -0.4 is 4.74 Å². The second-order valence-corrected chi connectivity index (χ2v) is 9.11. The molecular weight excluding hydrogens is 338 g/mol. The van der Waals surface area contributed by atoms with Gasteiger partial charge < -0.3 is 4.74 Å². The van der Waals surface area contributed by atoms with E-state index in [1.54, 1.807) is 0 Å². The van der Waals surface area contributed by atoms with E-state index in [2.05, 4.69) is 46.8 Å². The number of hydrogen-bond donors (Lipinski definition) is 0. The number of carbonyl (C=O) groups excluding carboxylic acids is 2. The summed E-state index contributed by atoms with van der Waals surface area (Å²) in [5, 5.41) is 0. The molecule has 27 heavy (non-hydrogen) atoms. The first-order chi connectivity index (χ1) is 12.6. The molecular formula is C23H31NO3. The number of nitrogens with zero attached hydrogens (tertiary/aromatic N) is 1. The van der Waals surface area contributed by atoms with Gasteiger partial charge in [0.2, 0.25) is 11.8 Å². The predicted octanol–water partition coefficient (Wildman–Crippen LogP) is 4.40. The molecule has 4 heteroatoms. The van der Waals surface area contributed by atoms with Crippen molar-refractivity contribution < 1.29 is 14.3 Å². The zero-order valence-corrected chi connectivity index (χ0v) is 17.4. The Balaban J connectivity index is 1.68. The molecule has 0 radical (unpaired) electrons. The van der Waals surface area contributed by atoms with Crippen LogP contribution in [0.1, 0.15) is 58.6 Å². The van der Waals surface area contributed by atoms with Crippen molar-refractivity contribution in [1.29, 1.82) is 0 Å². The first kappa shape index (κ1) is 19.7. The lowest BCUT2D eigenvalue weighted by Gasteiger charge is -2.24. The van der Waals surface area contributed by atoms with Gasteiger partial charge in [0.1, 0.15) is 12.4 Å². The quantitative estimate of drug-likeness (QED) is 0.584. The predicted molar refractivity (Wildman–Crippen MR) is 107 cm³/mol. The van der Waals surface area contributed by atoms with E-state index in [4.69, 9.17) is 4.74 Å². The highest BCUT2D eigenvalue weighted by Crippen LogP contribution is 2.40. The number of carbonyl (C=O) groups is 2. The average molecular weight is 370 g/mol. The summed E-state index contributed by atoms with van der Waals surface area (Å²) in [5.74, 6) is 0.435. The van der Waals surface area contributed by atoms with Gasteiger partial charge in [0.25, 0.3) is 0 Å². The van der Waals surface area contributed by atoms with E-state index in [0.717, 1.165) is 16.9 Å².